The molecule has 0 spiro atoms. The van der Waals surface area contributed by atoms with Crippen molar-refractivity contribution in [3.05, 3.63) is 35.4 Å². The van der Waals surface area contributed by atoms with Crippen molar-refractivity contribution >= 4 is 11.7 Å². The lowest BCUT2D eigenvalue weighted by Crippen LogP contribution is -2.10. The zero-order valence-corrected chi connectivity index (χ0v) is 8.82. The van der Waals surface area contributed by atoms with Crippen molar-refractivity contribution in [1.29, 1.82) is 0 Å². The Labute approximate surface area is 89.3 Å². The molecule has 80 valence electrons. The molecule has 15 heavy (non-hydrogen) atoms. The van der Waals surface area contributed by atoms with Gasteiger partial charge in [0.1, 0.15) is 0 Å². The smallest absolute Gasteiger partial charge is 0.217 e. The number of hydrogen-bond acceptors (Lipinski definition) is 2. The maximum Gasteiger partial charge on any atom is 0.217 e. The predicted octanol–water partition coefficient (Wildman–Crippen LogP) is 1.83. The Hall–Kier alpha value is -1.64. The van der Waals surface area contributed by atoms with Gasteiger partial charge in [-0.05, 0) is 13.3 Å². The predicted molar refractivity (Wildman–Crippen MR) is 58.6 cm³/mol. The highest BCUT2D eigenvalue weighted by Gasteiger charge is 2.05. The molecule has 0 unspecified atom stereocenters. The second-order valence-electron chi connectivity index (χ2n) is 3.61. The molecule has 0 heterocycles. The van der Waals surface area contributed by atoms with Crippen molar-refractivity contribution < 1.29 is 9.59 Å². The van der Waals surface area contributed by atoms with Crippen LogP contribution in [0.15, 0.2) is 24.3 Å². The van der Waals surface area contributed by atoms with Gasteiger partial charge < -0.3 is 5.73 Å². The Kier molecular flexibility index (Phi) is 4.03. The topological polar surface area (TPSA) is 60.2 Å². The van der Waals surface area contributed by atoms with E-state index in [2.05, 4.69) is 0 Å². The first-order valence-electron chi connectivity index (χ1n) is 4.98. The summed E-state index contributed by atoms with van der Waals surface area (Å²) in [5, 5.41) is 0. The molecule has 0 bridgehead atoms. The lowest BCUT2D eigenvalue weighted by Gasteiger charge is -2.00. The number of aryl methyl sites for hydroxylation is 1. The van der Waals surface area contributed by atoms with Crippen molar-refractivity contribution in [2.45, 2.75) is 26.2 Å². The van der Waals surface area contributed by atoms with E-state index in [0.717, 1.165) is 5.56 Å². The average Bonchev–Trinajstić information content (AvgIpc) is 2.18. The molecule has 0 saturated heterocycles. The van der Waals surface area contributed by atoms with E-state index in [9.17, 15) is 9.59 Å². The highest BCUT2D eigenvalue weighted by atomic mass is 16.1. The number of carbonyl (C=O) groups is 2. The van der Waals surface area contributed by atoms with Crippen molar-refractivity contribution in [3.8, 4) is 0 Å². The van der Waals surface area contributed by atoms with Crippen LogP contribution in [0.25, 0.3) is 0 Å². The number of hydrogen-bond donors (Lipinski definition) is 1. The quantitative estimate of drug-likeness (QED) is 0.745. The van der Waals surface area contributed by atoms with E-state index >= 15 is 0 Å². The molecule has 0 fully saturated rings. The molecule has 0 aliphatic carbocycles. The molecule has 0 aliphatic heterocycles. The molecule has 1 rings (SSSR count). The van der Waals surface area contributed by atoms with Crippen LogP contribution in [-0.2, 0) is 4.79 Å². The maximum absolute atomic E-state index is 11.6. The molecule has 3 nitrogen and oxygen atoms in total. The van der Waals surface area contributed by atoms with Crippen LogP contribution in [0.4, 0.5) is 0 Å². The summed E-state index contributed by atoms with van der Waals surface area (Å²) >= 11 is 0. The first-order chi connectivity index (χ1) is 7.09. The van der Waals surface area contributed by atoms with Gasteiger partial charge in [-0.3, -0.25) is 9.59 Å². The number of amides is 1. The molecular weight excluding hydrogens is 190 g/mol. The third-order valence-electron chi connectivity index (χ3n) is 2.20. The van der Waals surface area contributed by atoms with Crippen molar-refractivity contribution in [1.82, 2.24) is 0 Å². The summed E-state index contributed by atoms with van der Waals surface area (Å²) in [7, 11) is 0. The van der Waals surface area contributed by atoms with E-state index < -0.39 is 0 Å². The van der Waals surface area contributed by atoms with Gasteiger partial charge in [0.2, 0.25) is 5.91 Å². The number of Topliss-reactive ketones (excluding diaryl/α,β-unsaturated/α-hetero) is 1. The SMILES string of the molecule is Cc1ccc(C(=O)CCCC(N)=O)cc1. The summed E-state index contributed by atoms with van der Waals surface area (Å²) in [5.41, 5.74) is 6.81. The summed E-state index contributed by atoms with van der Waals surface area (Å²) in [6.45, 7) is 1.97. The van der Waals surface area contributed by atoms with E-state index in [1.807, 2.05) is 31.2 Å². The van der Waals surface area contributed by atoms with Gasteiger partial charge in [-0.2, -0.15) is 0 Å². The zero-order valence-electron chi connectivity index (χ0n) is 8.82. The number of benzene rings is 1. The van der Waals surface area contributed by atoms with Gasteiger partial charge in [-0.25, -0.2) is 0 Å². The van der Waals surface area contributed by atoms with Crippen LogP contribution in [-0.4, -0.2) is 11.7 Å². The highest BCUT2D eigenvalue weighted by molar-refractivity contribution is 5.96. The Balaban J connectivity index is 2.47. The summed E-state index contributed by atoms with van der Waals surface area (Å²) in [4.78, 5) is 22.1. The van der Waals surface area contributed by atoms with Crippen LogP contribution in [0.5, 0.6) is 0 Å². The molecule has 0 atom stereocenters. The van der Waals surface area contributed by atoms with Crippen LogP contribution in [0.2, 0.25) is 0 Å². The summed E-state index contributed by atoms with van der Waals surface area (Å²) in [5.74, 6) is -0.289. The van der Waals surface area contributed by atoms with Crippen molar-refractivity contribution in [2.75, 3.05) is 0 Å². The molecule has 0 aliphatic rings. The van der Waals surface area contributed by atoms with Gasteiger partial charge in [0.15, 0.2) is 5.78 Å². The first kappa shape index (κ1) is 11.4. The van der Waals surface area contributed by atoms with Gasteiger partial charge in [0.05, 0.1) is 0 Å². The monoisotopic (exact) mass is 205 g/mol. The van der Waals surface area contributed by atoms with Gasteiger partial charge in [0.25, 0.3) is 0 Å². The molecule has 0 radical (unpaired) electrons. The molecular formula is C12H15NO2. The van der Waals surface area contributed by atoms with Crippen LogP contribution in [0.1, 0.15) is 35.2 Å². The van der Waals surface area contributed by atoms with E-state index in [1.165, 1.54) is 0 Å². The fraction of sp³-hybridized carbons (Fsp3) is 0.333. The Morgan fingerprint density at radius 1 is 1.13 bits per heavy atom. The normalized spacial score (nSPS) is 9.93. The zero-order chi connectivity index (χ0) is 11.3. The summed E-state index contributed by atoms with van der Waals surface area (Å²) in [6.07, 6.45) is 1.19. The van der Waals surface area contributed by atoms with Gasteiger partial charge in [-0.1, -0.05) is 29.8 Å². The molecule has 3 heteroatoms. The number of nitrogens with two attached hydrogens (primary N) is 1. The molecule has 2 N–H and O–H groups in total. The molecule has 1 aromatic carbocycles. The van der Waals surface area contributed by atoms with E-state index in [0.29, 0.717) is 18.4 Å². The molecule has 1 aromatic rings. The second-order valence-corrected chi connectivity index (χ2v) is 3.61. The third kappa shape index (κ3) is 3.94. The second kappa shape index (κ2) is 5.29. The first-order valence-corrected chi connectivity index (χ1v) is 4.98. The van der Waals surface area contributed by atoms with Crippen LogP contribution < -0.4 is 5.73 Å². The van der Waals surface area contributed by atoms with Gasteiger partial charge in [-0.15, -0.1) is 0 Å². The van der Waals surface area contributed by atoms with Crippen molar-refractivity contribution in [3.63, 3.8) is 0 Å². The maximum atomic E-state index is 11.6. The van der Waals surface area contributed by atoms with Crippen molar-refractivity contribution in [2.24, 2.45) is 5.73 Å². The minimum absolute atomic E-state index is 0.0660. The lowest BCUT2D eigenvalue weighted by molar-refractivity contribution is -0.118. The van der Waals surface area contributed by atoms with E-state index in [4.69, 9.17) is 5.73 Å². The van der Waals surface area contributed by atoms with Gasteiger partial charge >= 0.3 is 0 Å². The molecule has 0 aromatic heterocycles. The minimum Gasteiger partial charge on any atom is -0.370 e. The molecule has 1 amide bonds. The fourth-order valence-corrected chi connectivity index (χ4v) is 1.31. The van der Waals surface area contributed by atoms with E-state index in [-0.39, 0.29) is 18.1 Å². The Bertz CT molecular complexity index is 354. The third-order valence-corrected chi connectivity index (χ3v) is 2.20. The minimum atomic E-state index is -0.355. The number of rotatable bonds is 5. The molecule has 0 saturated carbocycles. The number of primary amides is 1. The number of ketones is 1. The lowest BCUT2D eigenvalue weighted by atomic mass is 10.0. The Morgan fingerprint density at radius 2 is 1.73 bits per heavy atom. The van der Waals surface area contributed by atoms with Crippen LogP contribution in [0, 0.1) is 6.92 Å². The summed E-state index contributed by atoms with van der Waals surface area (Å²) < 4.78 is 0. The largest absolute Gasteiger partial charge is 0.370 e. The highest BCUT2D eigenvalue weighted by Crippen LogP contribution is 2.08. The van der Waals surface area contributed by atoms with Crippen LogP contribution >= 0.6 is 0 Å². The summed E-state index contributed by atoms with van der Waals surface area (Å²) in [6, 6.07) is 7.42. The number of carbonyl (C=O) groups excluding carboxylic acids is 2. The van der Waals surface area contributed by atoms with Gasteiger partial charge in [0, 0.05) is 18.4 Å². The fourth-order valence-electron chi connectivity index (χ4n) is 1.31. The standard InChI is InChI=1S/C12H15NO2/c1-9-5-7-10(8-6-9)11(14)3-2-4-12(13)15/h5-8H,2-4H2,1H3,(H2,13,15). The Morgan fingerprint density at radius 3 is 2.27 bits per heavy atom. The average molecular weight is 205 g/mol. The van der Waals surface area contributed by atoms with Crippen LogP contribution in [0.3, 0.4) is 0 Å². The van der Waals surface area contributed by atoms with E-state index in [1.54, 1.807) is 0 Å².